The number of carbonyl (C=O) groups excluding carboxylic acids is 1. The molecule has 1 unspecified atom stereocenters. The highest BCUT2D eigenvalue weighted by Gasteiger charge is 2.23. The molecule has 0 saturated carbocycles. The molecule has 0 fully saturated rings. The maximum atomic E-state index is 12.7. The molecule has 3 nitrogen and oxygen atoms in total. The fourth-order valence-corrected chi connectivity index (χ4v) is 3.39. The molecule has 1 heterocycles. The van der Waals surface area contributed by atoms with Crippen molar-refractivity contribution in [3.8, 4) is 0 Å². The summed E-state index contributed by atoms with van der Waals surface area (Å²) in [6.07, 6.45) is 1.61. The summed E-state index contributed by atoms with van der Waals surface area (Å²) in [5.41, 5.74) is 1.71. The fourth-order valence-electron chi connectivity index (χ4n) is 2.24. The number of rotatable bonds is 6. The van der Waals surface area contributed by atoms with Crippen LogP contribution in [0.1, 0.15) is 16.4 Å². The van der Waals surface area contributed by atoms with Crippen molar-refractivity contribution in [3.63, 3.8) is 0 Å². The van der Waals surface area contributed by atoms with E-state index in [9.17, 15) is 4.79 Å². The summed E-state index contributed by atoms with van der Waals surface area (Å²) in [7, 11) is 0. The number of hydrogen-bond donors (Lipinski definition) is 0. The molecule has 2 aromatic carbocycles. The molecule has 25 heavy (non-hydrogen) atoms. The van der Waals surface area contributed by atoms with Crippen LogP contribution in [0.2, 0.25) is 5.15 Å². The third kappa shape index (κ3) is 5.08. The second-order valence-electron chi connectivity index (χ2n) is 5.32. The number of hydrogen-bond acceptors (Lipinski definition) is 4. The quantitative estimate of drug-likeness (QED) is 0.335. The van der Waals surface area contributed by atoms with Crippen LogP contribution in [0.4, 0.5) is 0 Å². The van der Waals surface area contributed by atoms with Crippen molar-refractivity contribution in [1.82, 2.24) is 4.98 Å². The first-order chi connectivity index (χ1) is 12.2. The molecule has 0 bridgehead atoms. The average Bonchev–Trinajstić information content (AvgIpc) is 2.67. The molecule has 0 radical (unpaired) electrons. The molecule has 3 rings (SSSR count). The van der Waals surface area contributed by atoms with E-state index in [4.69, 9.17) is 16.3 Å². The van der Waals surface area contributed by atoms with E-state index in [1.807, 2.05) is 60.7 Å². The number of esters is 1. The van der Waals surface area contributed by atoms with E-state index in [1.165, 1.54) is 11.8 Å². The van der Waals surface area contributed by atoms with E-state index in [0.717, 1.165) is 16.0 Å². The Kier molecular flexibility index (Phi) is 6.09. The van der Waals surface area contributed by atoms with Gasteiger partial charge in [0, 0.05) is 16.7 Å². The number of aromatic nitrogens is 1. The Morgan fingerprint density at radius 1 is 1.00 bits per heavy atom. The summed E-state index contributed by atoms with van der Waals surface area (Å²) < 4.78 is 5.51. The van der Waals surface area contributed by atoms with Gasteiger partial charge in [0.05, 0.1) is 0 Å². The topological polar surface area (TPSA) is 39.2 Å². The maximum absolute atomic E-state index is 12.7. The first-order valence-corrected chi connectivity index (χ1v) is 9.02. The molecule has 0 spiro atoms. The van der Waals surface area contributed by atoms with Crippen LogP contribution in [0.3, 0.4) is 0 Å². The number of nitrogens with zero attached hydrogens (tertiary/aromatic N) is 1. The minimum absolute atomic E-state index is 0.168. The van der Waals surface area contributed by atoms with Crippen molar-refractivity contribution in [3.05, 3.63) is 95.3 Å². The van der Waals surface area contributed by atoms with Crippen molar-refractivity contribution in [2.75, 3.05) is 0 Å². The van der Waals surface area contributed by atoms with Gasteiger partial charge in [-0.3, -0.25) is 4.79 Å². The Morgan fingerprint density at radius 2 is 1.68 bits per heavy atom. The zero-order valence-corrected chi connectivity index (χ0v) is 14.9. The van der Waals surface area contributed by atoms with E-state index in [1.54, 1.807) is 18.3 Å². The molecule has 0 amide bonds. The monoisotopic (exact) mass is 369 g/mol. The lowest BCUT2D eigenvalue weighted by Gasteiger charge is -2.16. The van der Waals surface area contributed by atoms with Crippen molar-refractivity contribution >= 4 is 29.3 Å². The predicted octanol–water partition coefficient (Wildman–Crippen LogP) is 5.31. The molecule has 1 atom stereocenters. The van der Waals surface area contributed by atoms with Gasteiger partial charge in [-0.05, 0) is 23.8 Å². The molecule has 0 aliphatic rings. The van der Waals surface area contributed by atoms with Crippen LogP contribution in [0.5, 0.6) is 0 Å². The van der Waals surface area contributed by atoms with Crippen LogP contribution >= 0.6 is 23.4 Å². The highest BCUT2D eigenvalue weighted by atomic mass is 35.5. The van der Waals surface area contributed by atoms with Gasteiger partial charge < -0.3 is 4.74 Å². The van der Waals surface area contributed by atoms with Crippen LogP contribution in [0.15, 0.2) is 83.9 Å². The molecule has 0 N–H and O–H groups in total. The predicted molar refractivity (Wildman–Crippen MR) is 101 cm³/mol. The lowest BCUT2D eigenvalue weighted by molar-refractivity contribution is -0.144. The second-order valence-corrected chi connectivity index (χ2v) is 6.88. The smallest absolute Gasteiger partial charge is 0.324 e. The molecular formula is C20H16ClNO2S. The third-order valence-corrected chi connectivity index (χ3v) is 4.95. The molecule has 5 heteroatoms. The van der Waals surface area contributed by atoms with Gasteiger partial charge in [0.2, 0.25) is 0 Å². The number of benzene rings is 2. The number of carbonyl (C=O) groups is 1. The van der Waals surface area contributed by atoms with Gasteiger partial charge in [-0.1, -0.05) is 66.2 Å². The van der Waals surface area contributed by atoms with Crippen molar-refractivity contribution < 1.29 is 9.53 Å². The van der Waals surface area contributed by atoms with Gasteiger partial charge >= 0.3 is 5.97 Å². The largest absolute Gasteiger partial charge is 0.460 e. The number of halogens is 1. The van der Waals surface area contributed by atoms with Gasteiger partial charge in [-0.2, -0.15) is 0 Å². The zero-order chi connectivity index (χ0) is 17.5. The Labute approximate surface area is 156 Å². The van der Waals surface area contributed by atoms with E-state index < -0.39 is 5.25 Å². The van der Waals surface area contributed by atoms with E-state index in [0.29, 0.717) is 5.15 Å². The van der Waals surface area contributed by atoms with Gasteiger partial charge in [-0.25, -0.2) is 4.98 Å². The molecule has 0 aliphatic heterocycles. The fraction of sp³-hybridized carbons (Fsp3) is 0.100. The maximum Gasteiger partial charge on any atom is 0.324 e. The molecule has 3 aromatic rings. The molecule has 0 aliphatic carbocycles. The standard InChI is InChI=1S/C20H16ClNO2S/c21-18-12-11-15(13-22-18)14-24-20(23)19(16-7-3-1-4-8-16)25-17-9-5-2-6-10-17/h1-13,19H,14H2. The average molecular weight is 370 g/mol. The Balaban J connectivity index is 1.74. The number of thioether (sulfide) groups is 1. The van der Waals surface area contributed by atoms with E-state index in [-0.39, 0.29) is 12.6 Å². The lowest BCUT2D eigenvalue weighted by Crippen LogP contribution is -2.13. The summed E-state index contributed by atoms with van der Waals surface area (Å²) in [6.45, 7) is 0.168. The Hall–Kier alpha value is -2.30. The highest BCUT2D eigenvalue weighted by Crippen LogP contribution is 2.36. The molecule has 1 aromatic heterocycles. The van der Waals surface area contributed by atoms with Gasteiger partial charge in [-0.15, -0.1) is 11.8 Å². The molecular weight excluding hydrogens is 354 g/mol. The zero-order valence-electron chi connectivity index (χ0n) is 13.3. The lowest BCUT2D eigenvalue weighted by atomic mass is 10.1. The number of pyridine rings is 1. The Morgan fingerprint density at radius 3 is 2.32 bits per heavy atom. The SMILES string of the molecule is O=C(OCc1ccc(Cl)nc1)C(Sc1ccccc1)c1ccccc1. The van der Waals surface area contributed by atoms with Gasteiger partial charge in [0.15, 0.2) is 0 Å². The first kappa shape index (κ1) is 17.5. The minimum atomic E-state index is -0.427. The van der Waals surface area contributed by atoms with Crippen LogP contribution in [-0.4, -0.2) is 11.0 Å². The summed E-state index contributed by atoms with van der Waals surface area (Å²) in [5.74, 6) is -0.282. The highest BCUT2D eigenvalue weighted by molar-refractivity contribution is 8.00. The molecule has 126 valence electrons. The first-order valence-electron chi connectivity index (χ1n) is 7.76. The van der Waals surface area contributed by atoms with Gasteiger partial charge in [0.25, 0.3) is 0 Å². The minimum Gasteiger partial charge on any atom is -0.460 e. The third-order valence-electron chi connectivity index (χ3n) is 3.48. The van der Waals surface area contributed by atoms with Crippen LogP contribution < -0.4 is 0 Å². The van der Waals surface area contributed by atoms with E-state index in [2.05, 4.69) is 4.98 Å². The summed E-state index contributed by atoms with van der Waals surface area (Å²) >= 11 is 7.25. The number of ether oxygens (including phenoxy) is 1. The summed E-state index contributed by atoms with van der Waals surface area (Å²) in [6, 6.07) is 22.9. The normalized spacial score (nSPS) is 11.7. The second kappa shape index (κ2) is 8.70. The van der Waals surface area contributed by atoms with Crippen LogP contribution in [0.25, 0.3) is 0 Å². The summed E-state index contributed by atoms with van der Waals surface area (Å²) in [4.78, 5) is 17.7. The van der Waals surface area contributed by atoms with Crippen LogP contribution in [0, 0.1) is 0 Å². The van der Waals surface area contributed by atoms with Crippen molar-refractivity contribution in [1.29, 1.82) is 0 Å². The van der Waals surface area contributed by atoms with Crippen molar-refractivity contribution in [2.45, 2.75) is 16.8 Å². The van der Waals surface area contributed by atoms with Gasteiger partial charge in [0.1, 0.15) is 17.0 Å². The van der Waals surface area contributed by atoms with Crippen LogP contribution in [-0.2, 0) is 16.1 Å². The molecule has 0 saturated heterocycles. The van der Waals surface area contributed by atoms with Crippen molar-refractivity contribution in [2.24, 2.45) is 0 Å². The van der Waals surface area contributed by atoms with E-state index >= 15 is 0 Å². The Bertz CT molecular complexity index is 810. The summed E-state index contributed by atoms with van der Waals surface area (Å²) in [5, 5.41) is -0.0132.